The molecule has 9 heteroatoms. The summed E-state index contributed by atoms with van der Waals surface area (Å²) in [4.78, 5) is 0.0700. The topological polar surface area (TPSA) is 90.6 Å². The fourth-order valence-electron chi connectivity index (χ4n) is 2.88. The second-order valence-corrected chi connectivity index (χ2v) is 9.53. The summed E-state index contributed by atoms with van der Waals surface area (Å²) in [5.74, 6) is 1.24. The number of halogens is 2. The Labute approximate surface area is 195 Å². The third-order valence-corrected chi connectivity index (χ3v) is 6.07. The summed E-state index contributed by atoms with van der Waals surface area (Å²) in [7, 11) is -3.71. The lowest BCUT2D eigenvalue weighted by molar-refractivity contribution is 0.267. The van der Waals surface area contributed by atoms with E-state index in [9.17, 15) is 8.42 Å². The monoisotopic (exact) mass is 524 g/mol. The minimum Gasteiger partial charge on any atom is -0.490 e. The molecule has 0 aliphatic rings. The van der Waals surface area contributed by atoms with Crippen LogP contribution in [0.2, 0.25) is 5.02 Å². The first-order chi connectivity index (χ1) is 14.8. The van der Waals surface area contributed by atoms with Crippen molar-refractivity contribution in [2.24, 2.45) is 5.14 Å². The number of anilines is 1. The summed E-state index contributed by atoms with van der Waals surface area (Å²) < 4.78 is 35.3. The summed E-state index contributed by atoms with van der Waals surface area (Å²) in [5, 5.41) is 9.04. The molecule has 0 unspecified atom stereocenters. The average molecular weight is 526 g/mol. The van der Waals surface area contributed by atoms with E-state index in [0.717, 1.165) is 21.3 Å². The van der Waals surface area contributed by atoms with Crippen molar-refractivity contribution in [2.75, 3.05) is 11.9 Å². The predicted octanol–water partition coefficient (Wildman–Crippen LogP) is 5.34. The number of sulfonamides is 1. The first-order valence-electron chi connectivity index (χ1n) is 9.45. The summed E-state index contributed by atoms with van der Waals surface area (Å²) >= 11 is 9.62. The van der Waals surface area contributed by atoms with Crippen LogP contribution >= 0.6 is 27.5 Å². The smallest absolute Gasteiger partial charge is 0.238 e. The van der Waals surface area contributed by atoms with Crippen LogP contribution in [0.3, 0.4) is 0 Å². The van der Waals surface area contributed by atoms with Gasteiger partial charge in [0.05, 0.1) is 16.0 Å². The van der Waals surface area contributed by atoms with E-state index >= 15 is 0 Å². The average Bonchev–Trinajstić information content (AvgIpc) is 2.71. The van der Waals surface area contributed by atoms with Gasteiger partial charge in [0.2, 0.25) is 10.0 Å². The van der Waals surface area contributed by atoms with Gasteiger partial charge < -0.3 is 14.8 Å². The van der Waals surface area contributed by atoms with Gasteiger partial charge in [-0.05, 0) is 82.5 Å². The number of nitrogens with one attached hydrogen (secondary N) is 1. The molecule has 3 N–H and O–H groups in total. The molecule has 0 aliphatic heterocycles. The van der Waals surface area contributed by atoms with Gasteiger partial charge in [-0.2, -0.15) is 0 Å². The molecule has 0 saturated carbocycles. The van der Waals surface area contributed by atoms with Gasteiger partial charge in [-0.1, -0.05) is 23.7 Å². The van der Waals surface area contributed by atoms with Gasteiger partial charge in [0.25, 0.3) is 0 Å². The van der Waals surface area contributed by atoms with Crippen LogP contribution in [-0.2, 0) is 23.2 Å². The molecule has 3 rings (SSSR count). The molecule has 0 saturated heterocycles. The highest BCUT2D eigenvalue weighted by Gasteiger charge is 2.13. The van der Waals surface area contributed by atoms with Gasteiger partial charge in [-0.25, -0.2) is 13.6 Å². The molecule has 0 atom stereocenters. The van der Waals surface area contributed by atoms with Crippen LogP contribution in [0.25, 0.3) is 0 Å². The normalized spacial score (nSPS) is 11.2. The summed E-state index contributed by atoms with van der Waals surface area (Å²) in [5.41, 5.74) is 2.68. The van der Waals surface area contributed by atoms with E-state index in [0.29, 0.717) is 36.3 Å². The van der Waals surface area contributed by atoms with E-state index in [1.807, 2.05) is 43.3 Å². The molecule has 31 heavy (non-hydrogen) atoms. The third kappa shape index (κ3) is 6.61. The lowest BCUT2D eigenvalue weighted by atomic mass is 10.2. The molecule has 0 bridgehead atoms. The second-order valence-electron chi connectivity index (χ2n) is 6.68. The van der Waals surface area contributed by atoms with E-state index in [4.69, 9.17) is 26.2 Å². The number of primary sulfonamides is 1. The maximum Gasteiger partial charge on any atom is 0.238 e. The highest BCUT2D eigenvalue weighted by Crippen LogP contribution is 2.37. The Hall–Kier alpha value is -2.26. The Morgan fingerprint density at radius 1 is 1.03 bits per heavy atom. The first-order valence-corrected chi connectivity index (χ1v) is 12.2. The molecule has 6 nitrogen and oxygen atoms in total. The van der Waals surface area contributed by atoms with E-state index in [2.05, 4.69) is 21.2 Å². The van der Waals surface area contributed by atoms with Crippen LogP contribution in [0.5, 0.6) is 11.5 Å². The molecule has 0 spiro atoms. The Bertz CT molecular complexity index is 1150. The quantitative estimate of drug-likeness (QED) is 0.393. The van der Waals surface area contributed by atoms with Crippen molar-refractivity contribution in [1.82, 2.24) is 0 Å². The molecule has 164 valence electrons. The number of hydrogen-bond donors (Lipinski definition) is 2. The molecule has 3 aromatic carbocycles. The van der Waals surface area contributed by atoms with Crippen molar-refractivity contribution < 1.29 is 17.9 Å². The van der Waals surface area contributed by atoms with Gasteiger partial charge in [-0.15, -0.1) is 0 Å². The standard InChI is InChI=1S/C22H22BrClN2O4S/c1-2-29-21-12-16(13-26-18-6-8-19(9-7-18)31(25,27)28)11-20(23)22(21)30-14-15-4-3-5-17(24)10-15/h3-12,26H,2,13-14H2,1H3,(H2,25,27,28). The summed E-state index contributed by atoms with van der Waals surface area (Å²) in [6, 6.07) is 17.6. The minimum atomic E-state index is -3.71. The van der Waals surface area contributed by atoms with Gasteiger partial charge in [0.1, 0.15) is 6.61 Å². The lowest BCUT2D eigenvalue weighted by Crippen LogP contribution is -2.12. The van der Waals surface area contributed by atoms with Crippen molar-refractivity contribution in [3.63, 3.8) is 0 Å². The third-order valence-electron chi connectivity index (χ3n) is 4.32. The van der Waals surface area contributed by atoms with Crippen LogP contribution in [-0.4, -0.2) is 15.0 Å². The Morgan fingerprint density at radius 2 is 1.77 bits per heavy atom. The molecule has 0 radical (unpaired) electrons. The largest absolute Gasteiger partial charge is 0.490 e. The van der Waals surface area contributed by atoms with Gasteiger partial charge in [0, 0.05) is 17.3 Å². The van der Waals surface area contributed by atoms with Crippen molar-refractivity contribution in [2.45, 2.75) is 25.0 Å². The summed E-state index contributed by atoms with van der Waals surface area (Å²) in [6.07, 6.45) is 0. The van der Waals surface area contributed by atoms with Crippen LogP contribution < -0.4 is 19.9 Å². The van der Waals surface area contributed by atoms with Crippen LogP contribution in [0, 0.1) is 0 Å². The zero-order valence-electron chi connectivity index (χ0n) is 16.8. The number of benzene rings is 3. The highest BCUT2D eigenvalue weighted by atomic mass is 79.9. The van der Waals surface area contributed by atoms with E-state index in [1.165, 1.54) is 12.1 Å². The van der Waals surface area contributed by atoms with Crippen molar-refractivity contribution in [1.29, 1.82) is 0 Å². The molecule has 0 amide bonds. The fraction of sp³-hybridized carbons (Fsp3) is 0.182. The zero-order chi connectivity index (χ0) is 22.4. The molecule has 0 aliphatic carbocycles. The maximum absolute atomic E-state index is 11.4. The fourth-order valence-corrected chi connectivity index (χ4v) is 4.21. The minimum absolute atomic E-state index is 0.0700. The molecule has 0 aromatic heterocycles. The van der Waals surface area contributed by atoms with Crippen LogP contribution in [0.15, 0.2) is 70.0 Å². The highest BCUT2D eigenvalue weighted by molar-refractivity contribution is 9.10. The van der Waals surface area contributed by atoms with Crippen LogP contribution in [0.4, 0.5) is 5.69 Å². The molecule has 3 aromatic rings. The molecule has 0 fully saturated rings. The van der Waals surface area contributed by atoms with Crippen molar-refractivity contribution in [3.05, 3.63) is 81.3 Å². The Balaban J connectivity index is 1.73. The zero-order valence-corrected chi connectivity index (χ0v) is 19.9. The summed E-state index contributed by atoms with van der Waals surface area (Å²) in [6.45, 7) is 3.26. The predicted molar refractivity (Wildman–Crippen MR) is 126 cm³/mol. The van der Waals surface area contributed by atoms with E-state index in [-0.39, 0.29) is 4.90 Å². The van der Waals surface area contributed by atoms with Crippen molar-refractivity contribution in [3.8, 4) is 11.5 Å². The first kappa shape index (κ1) is 23.4. The Kier molecular flexibility index (Phi) is 7.83. The van der Waals surface area contributed by atoms with Crippen molar-refractivity contribution >= 4 is 43.2 Å². The molecular weight excluding hydrogens is 504 g/mol. The van der Waals surface area contributed by atoms with Gasteiger partial charge in [-0.3, -0.25) is 0 Å². The number of ether oxygens (including phenoxy) is 2. The van der Waals surface area contributed by atoms with E-state index in [1.54, 1.807) is 12.1 Å². The molecule has 0 heterocycles. The number of rotatable bonds is 9. The number of nitrogens with two attached hydrogens (primary N) is 1. The lowest BCUT2D eigenvalue weighted by Gasteiger charge is -2.16. The van der Waals surface area contributed by atoms with Gasteiger partial charge >= 0.3 is 0 Å². The maximum atomic E-state index is 11.4. The Morgan fingerprint density at radius 3 is 2.42 bits per heavy atom. The number of hydrogen-bond acceptors (Lipinski definition) is 5. The SMILES string of the molecule is CCOc1cc(CNc2ccc(S(N)(=O)=O)cc2)cc(Br)c1OCc1cccc(Cl)c1. The molecular formula is C22H22BrClN2O4S. The second kappa shape index (κ2) is 10.4. The van der Waals surface area contributed by atoms with Gasteiger partial charge in [0.15, 0.2) is 11.5 Å². The van der Waals surface area contributed by atoms with E-state index < -0.39 is 10.0 Å². The van der Waals surface area contributed by atoms with Crippen LogP contribution in [0.1, 0.15) is 18.1 Å².